The normalized spacial score (nSPS) is 27.5. The minimum absolute atomic E-state index is 0.191. The minimum Gasteiger partial charge on any atom is -0.394 e. The zero-order chi connectivity index (χ0) is 22.0. The van der Waals surface area contributed by atoms with Crippen LogP contribution in [0.2, 0.25) is 0 Å². The van der Waals surface area contributed by atoms with Crippen molar-refractivity contribution >= 4 is 5.91 Å². The summed E-state index contributed by atoms with van der Waals surface area (Å²) in [6.07, 6.45) is -8.16. The predicted molar refractivity (Wildman–Crippen MR) is 109 cm³/mol. The van der Waals surface area contributed by atoms with Gasteiger partial charge >= 0.3 is 0 Å². The number of aliphatic hydroxyl groups is 5. The van der Waals surface area contributed by atoms with Crippen LogP contribution in [0, 0.1) is 6.92 Å². The Morgan fingerprint density at radius 1 is 1.07 bits per heavy atom. The van der Waals surface area contributed by atoms with Crippen LogP contribution in [0.3, 0.4) is 0 Å². The third kappa shape index (κ3) is 4.24. The lowest BCUT2D eigenvalue weighted by Gasteiger charge is -2.42. The number of amides is 1. The maximum Gasteiger partial charge on any atom is 0.251 e. The van der Waals surface area contributed by atoms with E-state index in [1.807, 2.05) is 12.1 Å². The molecule has 6 N–H and O–H groups in total. The van der Waals surface area contributed by atoms with Gasteiger partial charge in [-0.25, -0.2) is 0 Å². The highest BCUT2D eigenvalue weighted by molar-refractivity contribution is 5.95. The number of hydrogen-bond donors (Lipinski definition) is 6. The van der Waals surface area contributed by atoms with Crippen molar-refractivity contribution in [1.82, 2.24) is 5.32 Å². The molecule has 8 heteroatoms. The van der Waals surface area contributed by atoms with Gasteiger partial charge in [-0.1, -0.05) is 30.3 Å². The van der Waals surface area contributed by atoms with Crippen LogP contribution in [0.5, 0.6) is 0 Å². The molecule has 0 radical (unpaired) electrons. The molecule has 2 aromatic carbocycles. The van der Waals surface area contributed by atoms with Crippen molar-refractivity contribution in [2.45, 2.75) is 43.5 Å². The van der Waals surface area contributed by atoms with E-state index in [2.05, 4.69) is 5.32 Å². The van der Waals surface area contributed by atoms with Crippen LogP contribution in [-0.2, 0) is 4.74 Å². The molecule has 1 amide bonds. The number of rotatable bonds is 5. The molecule has 30 heavy (non-hydrogen) atoms. The van der Waals surface area contributed by atoms with Crippen molar-refractivity contribution < 1.29 is 35.1 Å². The van der Waals surface area contributed by atoms with Gasteiger partial charge in [-0.2, -0.15) is 0 Å². The van der Waals surface area contributed by atoms with E-state index >= 15 is 0 Å². The highest BCUT2D eigenvalue weighted by atomic mass is 16.6. The monoisotopic (exact) mass is 417 g/mol. The lowest BCUT2D eigenvalue weighted by atomic mass is 9.87. The predicted octanol–water partition coefficient (Wildman–Crippen LogP) is -0.103. The van der Waals surface area contributed by atoms with E-state index < -0.39 is 43.2 Å². The molecular formula is C22H27NO7. The number of carbonyl (C=O) groups excluding carboxylic acids is 1. The Morgan fingerprint density at radius 2 is 1.77 bits per heavy atom. The molecule has 1 heterocycles. The van der Waals surface area contributed by atoms with Crippen LogP contribution in [0.25, 0.3) is 11.1 Å². The molecule has 0 saturated carbocycles. The number of carbonyl (C=O) groups is 1. The summed E-state index contributed by atoms with van der Waals surface area (Å²) in [4.78, 5) is 11.9. The van der Waals surface area contributed by atoms with Gasteiger partial charge in [0.25, 0.3) is 5.91 Å². The third-order valence-corrected chi connectivity index (χ3v) is 5.51. The Kier molecular flexibility index (Phi) is 6.87. The lowest BCUT2D eigenvalue weighted by Crippen LogP contribution is -2.59. The van der Waals surface area contributed by atoms with Crippen LogP contribution in [-0.4, -0.2) is 75.6 Å². The summed E-state index contributed by atoms with van der Waals surface area (Å²) in [6, 6.07) is 12.4. The second-order valence-corrected chi connectivity index (χ2v) is 7.47. The van der Waals surface area contributed by atoms with Crippen LogP contribution in [0.4, 0.5) is 0 Å². The first-order valence-electron chi connectivity index (χ1n) is 9.70. The van der Waals surface area contributed by atoms with Crippen LogP contribution >= 0.6 is 0 Å². The number of aryl methyl sites for hydroxylation is 1. The smallest absolute Gasteiger partial charge is 0.251 e. The third-order valence-electron chi connectivity index (χ3n) is 5.51. The first kappa shape index (κ1) is 22.4. The van der Waals surface area contributed by atoms with E-state index in [0.717, 1.165) is 11.1 Å². The van der Waals surface area contributed by atoms with Crippen LogP contribution in [0.15, 0.2) is 42.5 Å². The number of aliphatic hydroxyl groups excluding tert-OH is 5. The Hall–Kier alpha value is -2.33. The fourth-order valence-corrected chi connectivity index (χ4v) is 3.74. The Balaban J connectivity index is 1.87. The van der Waals surface area contributed by atoms with Gasteiger partial charge in [-0.05, 0) is 41.3 Å². The molecule has 3 rings (SSSR count). The molecule has 2 aromatic rings. The Morgan fingerprint density at radius 3 is 2.40 bits per heavy atom. The number of nitrogens with one attached hydrogen (secondary N) is 1. The standard InChI is InChI=1S/C22H27NO7/c1-11-8-13(12-4-3-5-14(9-12)22(29)23-2)6-7-15(11)17(25)21-20(28)19(27)18(26)16(10-24)30-21/h3-9,16-21,24-28H,10H2,1-2H3,(H,23,29)/t16-,17+,18-,19+,20+,21-/m1/s1. The summed E-state index contributed by atoms with van der Waals surface area (Å²) in [6.45, 7) is 1.22. The van der Waals surface area contributed by atoms with Gasteiger partial charge in [0, 0.05) is 12.6 Å². The fourth-order valence-electron chi connectivity index (χ4n) is 3.74. The summed E-state index contributed by atoms with van der Waals surface area (Å²) in [5, 5.41) is 52.9. The molecular weight excluding hydrogens is 390 g/mol. The quantitative estimate of drug-likeness (QED) is 0.399. The van der Waals surface area contributed by atoms with E-state index in [1.165, 1.54) is 0 Å². The van der Waals surface area contributed by atoms with E-state index in [1.54, 1.807) is 44.3 Å². The van der Waals surface area contributed by atoms with Gasteiger partial charge in [0.2, 0.25) is 0 Å². The second-order valence-electron chi connectivity index (χ2n) is 7.47. The van der Waals surface area contributed by atoms with Crippen molar-refractivity contribution in [2.75, 3.05) is 13.7 Å². The zero-order valence-corrected chi connectivity index (χ0v) is 16.8. The lowest BCUT2D eigenvalue weighted by molar-refractivity contribution is -0.250. The molecule has 8 nitrogen and oxygen atoms in total. The molecule has 1 saturated heterocycles. The van der Waals surface area contributed by atoms with E-state index in [9.17, 15) is 30.3 Å². The molecule has 0 unspecified atom stereocenters. The van der Waals surface area contributed by atoms with Crippen LogP contribution in [0.1, 0.15) is 27.6 Å². The first-order chi connectivity index (χ1) is 14.3. The SMILES string of the molecule is CNC(=O)c1cccc(-c2ccc([C@H](O)[C@H]3O[C@H](CO)[C@@H](O)[C@H](O)[C@@H]3O)c(C)c2)c1. The average Bonchev–Trinajstić information content (AvgIpc) is 2.76. The Bertz CT molecular complexity index is 901. The molecule has 162 valence electrons. The molecule has 1 aliphatic heterocycles. The van der Waals surface area contributed by atoms with Gasteiger partial charge in [-0.15, -0.1) is 0 Å². The molecule has 0 aromatic heterocycles. The van der Waals surface area contributed by atoms with Gasteiger partial charge in [0.1, 0.15) is 36.6 Å². The molecule has 0 aliphatic carbocycles. The van der Waals surface area contributed by atoms with E-state index in [4.69, 9.17) is 4.74 Å². The maximum atomic E-state index is 11.9. The summed E-state index contributed by atoms with van der Waals surface area (Å²) in [5.41, 5.74) is 3.38. The van der Waals surface area contributed by atoms with Crippen molar-refractivity contribution in [3.8, 4) is 11.1 Å². The van der Waals surface area contributed by atoms with Crippen molar-refractivity contribution in [1.29, 1.82) is 0 Å². The Labute approximate surface area is 174 Å². The summed E-state index contributed by atoms with van der Waals surface area (Å²) in [7, 11) is 1.56. The first-order valence-corrected chi connectivity index (χ1v) is 9.70. The maximum absolute atomic E-state index is 11.9. The molecule has 6 atom stereocenters. The summed E-state index contributed by atoms with van der Waals surface area (Å²) in [5.74, 6) is -0.191. The van der Waals surface area contributed by atoms with E-state index in [-0.39, 0.29) is 5.91 Å². The van der Waals surface area contributed by atoms with E-state index in [0.29, 0.717) is 16.7 Å². The highest BCUT2D eigenvalue weighted by Gasteiger charge is 2.46. The zero-order valence-electron chi connectivity index (χ0n) is 16.8. The van der Waals surface area contributed by atoms with Gasteiger partial charge in [0.15, 0.2) is 0 Å². The minimum atomic E-state index is -1.55. The summed E-state index contributed by atoms with van der Waals surface area (Å²) >= 11 is 0. The van der Waals surface area contributed by atoms with Crippen molar-refractivity contribution in [3.63, 3.8) is 0 Å². The average molecular weight is 417 g/mol. The molecule has 1 aliphatic rings. The second kappa shape index (κ2) is 9.22. The largest absolute Gasteiger partial charge is 0.394 e. The van der Waals surface area contributed by atoms with Gasteiger partial charge in [0.05, 0.1) is 6.61 Å². The number of benzene rings is 2. The molecule has 1 fully saturated rings. The van der Waals surface area contributed by atoms with Crippen molar-refractivity contribution in [3.05, 3.63) is 59.2 Å². The number of hydrogen-bond acceptors (Lipinski definition) is 7. The molecule has 0 spiro atoms. The van der Waals surface area contributed by atoms with Gasteiger partial charge in [-0.3, -0.25) is 4.79 Å². The topological polar surface area (TPSA) is 139 Å². The number of ether oxygens (including phenoxy) is 1. The summed E-state index contributed by atoms with van der Waals surface area (Å²) < 4.78 is 5.47. The highest BCUT2D eigenvalue weighted by Crippen LogP contribution is 2.33. The molecule has 0 bridgehead atoms. The van der Waals surface area contributed by atoms with Gasteiger partial charge < -0.3 is 35.6 Å². The van der Waals surface area contributed by atoms with Crippen molar-refractivity contribution in [2.24, 2.45) is 0 Å². The van der Waals surface area contributed by atoms with Crippen LogP contribution < -0.4 is 5.32 Å². The fraction of sp³-hybridized carbons (Fsp3) is 0.409.